The molecule has 3 heterocycles. The van der Waals surface area contributed by atoms with Gasteiger partial charge in [-0.2, -0.15) is 5.10 Å². The molecule has 0 amide bonds. The van der Waals surface area contributed by atoms with Crippen molar-refractivity contribution in [3.05, 3.63) is 71.6 Å². The van der Waals surface area contributed by atoms with Crippen LogP contribution in [-0.4, -0.2) is 35.2 Å². The Balaban J connectivity index is 1.45. The molecule has 0 atom stereocenters. The molecule has 8 nitrogen and oxygen atoms in total. The van der Waals surface area contributed by atoms with Crippen LogP contribution in [0, 0.1) is 0 Å². The molecule has 170 valence electrons. The van der Waals surface area contributed by atoms with E-state index >= 15 is 0 Å². The summed E-state index contributed by atoms with van der Waals surface area (Å²) in [5.41, 5.74) is 4.81. The Bertz CT molecular complexity index is 1420. The van der Waals surface area contributed by atoms with E-state index in [2.05, 4.69) is 32.8 Å². The Labute approximate surface area is 201 Å². The molecule has 0 aliphatic heterocycles. The number of fused-ring (bicyclic) bond motifs is 1. The minimum absolute atomic E-state index is 0.399. The molecule has 5 aromatic rings. The maximum absolute atomic E-state index is 6.09. The van der Waals surface area contributed by atoms with Gasteiger partial charge in [-0.15, -0.1) is 5.10 Å². The molecule has 1 aliphatic carbocycles. The second-order valence-electron chi connectivity index (χ2n) is 8.52. The minimum Gasteiger partial charge on any atom is -0.457 e. The van der Waals surface area contributed by atoms with E-state index in [1.807, 2.05) is 47.1 Å². The minimum atomic E-state index is 0.399. The second-order valence-corrected chi connectivity index (χ2v) is 8.96. The number of hydrogen-bond donors (Lipinski definition) is 1. The molecule has 0 bridgehead atoms. The van der Waals surface area contributed by atoms with Crippen molar-refractivity contribution in [1.29, 1.82) is 0 Å². The number of nitrogens with one attached hydrogen (secondary N) is 1. The van der Waals surface area contributed by atoms with Crippen molar-refractivity contribution in [2.75, 3.05) is 0 Å². The van der Waals surface area contributed by atoms with Crippen LogP contribution in [0.4, 0.5) is 0 Å². The molecule has 0 spiro atoms. The summed E-state index contributed by atoms with van der Waals surface area (Å²) >= 11 is 6.01. The molecule has 0 saturated heterocycles. The van der Waals surface area contributed by atoms with E-state index in [4.69, 9.17) is 26.4 Å². The molecule has 0 unspecified atom stereocenters. The highest BCUT2D eigenvalue weighted by Gasteiger charge is 2.25. The molecule has 1 saturated carbocycles. The van der Waals surface area contributed by atoms with Crippen LogP contribution < -0.4 is 4.74 Å². The number of nitrogens with zero attached hydrogens (tertiary/aromatic N) is 6. The van der Waals surface area contributed by atoms with Crippen LogP contribution in [0.5, 0.6) is 11.5 Å². The molecule has 3 aromatic heterocycles. The van der Waals surface area contributed by atoms with Gasteiger partial charge in [0.25, 0.3) is 0 Å². The van der Waals surface area contributed by atoms with Crippen molar-refractivity contribution in [3.63, 3.8) is 0 Å². The summed E-state index contributed by atoms with van der Waals surface area (Å²) in [6.07, 6.45) is 9.69. The summed E-state index contributed by atoms with van der Waals surface area (Å²) in [5.74, 6) is 2.45. The standard InChI is InChI=1S/C25H22ClN7O/c26-18-9-11-19(12-10-18)34-20-8-4-7-17(13-20)21-14-27-25-22(24-29-31-32-30-24)15-28-33(25)23(21)16-5-2-1-3-6-16/h4,7-16H,1-3,5-6H2,(H,29,30,31,32). The van der Waals surface area contributed by atoms with E-state index in [9.17, 15) is 0 Å². The maximum Gasteiger partial charge on any atom is 0.184 e. The lowest BCUT2D eigenvalue weighted by molar-refractivity contribution is 0.431. The Morgan fingerprint density at radius 2 is 1.79 bits per heavy atom. The largest absolute Gasteiger partial charge is 0.457 e. The van der Waals surface area contributed by atoms with E-state index in [-0.39, 0.29) is 0 Å². The van der Waals surface area contributed by atoms with Crippen LogP contribution >= 0.6 is 11.6 Å². The van der Waals surface area contributed by atoms with Gasteiger partial charge in [-0.3, -0.25) is 0 Å². The van der Waals surface area contributed by atoms with Gasteiger partial charge < -0.3 is 4.74 Å². The van der Waals surface area contributed by atoms with Crippen molar-refractivity contribution in [2.45, 2.75) is 38.0 Å². The van der Waals surface area contributed by atoms with Crippen molar-refractivity contribution in [3.8, 4) is 34.0 Å². The van der Waals surface area contributed by atoms with E-state index < -0.39 is 0 Å². The number of tetrazole rings is 1. The first kappa shape index (κ1) is 20.8. The highest BCUT2D eigenvalue weighted by molar-refractivity contribution is 6.30. The highest BCUT2D eigenvalue weighted by Crippen LogP contribution is 2.39. The average molecular weight is 472 g/mol. The monoisotopic (exact) mass is 471 g/mol. The average Bonchev–Trinajstić information content (AvgIpc) is 3.55. The molecule has 1 N–H and O–H groups in total. The molecule has 34 heavy (non-hydrogen) atoms. The third-order valence-electron chi connectivity index (χ3n) is 6.35. The molecular formula is C25H22ClN7O. The molecule has 2 aromatic carbocycles. The van der Waals surface area contributed by atoms with Crippen LogP contribution in [0.2, 0.25) is 5.02 Å². The van der Waals surface area contributed by atoms with Crippen molar-refractivity contribution in [1.82, 2.24) is 35.2 Å². The highest BCUT2D eigenvalue weighted by atomic mass is 35.5. The number of rotatable bonds is 5. The molecule has 0 radical (unpaired) electrons. The lowest BCUT2D eigenvalue weighted by Gasteiger charge is -2.25. The summed E-state index contributed by atoms with van der Waals surface area (Å²) in [6.45, 7) is 0. The van der Waals surface area contributed by atoms with Crippen LogP contribution in [0.1, 0.15) is 43.7 Å². The zero-order chi connectivity index (χ0) is 22.9. The fraction of sp³-hybridized carbons (Fsp3) is 0.240. The summed E-state index contributed by atoms with van der Waals surface area (Å²) in [6, 6.07) is 15.5. The SMILES string of the molecule is Clc1ccc(Oc2cccc(-c3cnc4c(-c5nnn[nH]5)cnn4c3C3CCCCC3)c2)cc1. The summed E-state index contributed by atoms with van der Waals surface area (Å²) in [5, 5.41) is 19.7. The van der Waals surface area contributed by atoms with Gasteiger partial charge in [0, 0.05) is 22.7 Å². The smallest absolute Gasteiger partial charge is 0.184 e. The lowest BCUT2D eigenvalue weighted by Crippen LogP contribution is -2.12. The first-order chi connectivity index (χ1) is 16.8. The molecule has 1 fully saturated rings. The predicted molar refractivity (Wildman–Crippen MR) is 129 cm³/mol. The quantitative estimate of drug-likeness (QED) is 0.334. The van der Waals surface area contributed by atoms with Gasteiger partial charge in [0.05, 0.1) is 17.5 Å². The van der Waals surface area contributed by atoms with E-state index in [1.54, 1.807) is 6.20 Å². The Kier molecular flexibility index (Phi) is 5.43. The Morgan fingerprint density at radius 3 is 2.59 bits per heavy atom. The summed E-state index contributed by atoms with van der Waals surface area (Å²) < 4.78 is 8.06. The van der Waals surface area contributed by atoms with Gasteiger partial charge in [0.15, 0.2) is 11.5 Å². The first-order valence-corrected chi connectivity index (χ1v) is 11.8. The van der Waals surface area contributed by atoms with E-state index in [0.717, 1.165) is 46.7 Å². The fourth-order valence-corrected chi connectivity index (χ4v) is 4.87. The lowest BCUT2D eigenvalue weighted by atomic mass is 9.84. The predicted octanol–water partition coefficient (Wildman–Crippen LogP) is 6.07. The number of H-pyrrole nitrogens is 1. The number of aromatic nitrogens is 7. The van der Waals surface area contributed by atoms with Gasteiger partial charge in [-0.05, 0) is 65.2 Å². The van der Waals surface area contributed by atoms with Crippen LogP contribution in [0.15, 0.2) is 60.9 Å². The van der Waals surface area contributed by atoms with Gasteiger partial charge in [-0.1, -0.05) is 43.0 Å². The van der Waals surface area contributed by atoms with Gasteiger partial charge >= 0.3 is 0 Å². The number of benzene rings is 2. The first-order valence-electron chi connectivity index (χ1n) is 11.4. The molecule has 9 heteroatoms. The van der Waals surface area contributed by atoms with Crippen LogP contribution in [0.25, 0.3) is 28.2 Å². The third-order valence-corrected chi connectivity index (χ3v) is 6.60. The number of hydrogen-bond acceptors (Lipinski definition) is 6. The van der Waals surface area contributed by atoms with Gasteiger partial charge in [0.1, 0.15) is 11.5 Å². The zero-order valence-electron chi connectivity index (χ0n) is 18.4. The Hall–Kier alpha value is -3.78. The Morgan fingerprint density at radius 1 is 0.941 bits per heavy atom. The third kappa shape index (κ3) is 3.90. The number of aromatic amines is 1. The maximum atomic E-state index is 6.09. The van der Waals surface area contributed by atoms with Crippen molar-refractivity contribution in [2.24, 2.45) is 0 Å². The topological polar surface area (TPSA) is 93.9 Å². The molecule has 6 rings (SSSR count). The molecular weight excluding hydrogens is 450 g/mol. The van der Waals surface area contributed by atoms with Gasteiger partial charge in [-0.25, -0.2) is 14.6 Å². The van der Waals surface area contributed by atoms with Crippen LogP contribution in [0.3, 0.4) is 0 Å². The van der Waals surface area contributed by atoms with Crippen LogP contribution in [-0.2, 0) is 0 Å². The van der Waals surface area contributed by atoms with E-state index in [0.29, 0.717) is 16.8 Å². The van der Waals surface area contributed by atoms with Crippen molar-refractivity contribution < 1.29 is 4.74 Å². The van der Waals surface area contributed by atoms with Gasteiger partial charge in [0.2, 0.25) is 0 Å². The zero-order valence-corrected chi connectivity index (χ0v) is 19.1. The van der Waals surface area contributed by atoms with Crippen molar-refractivity contribution >= 4 is 17.2 Å². The number of halogens is 1. The number of ether oxygens (including phenoxy) is 1. The summed E-state index contributed by atoms with van der Waals surface area (Å²) in [7, 11) is 0. The fourth-order valence-electron chi connectivity index (χ4n) is 4.75. The summed E-state index contributed by atoms with van der Waals surface area (Å²) in [4.78, 5) is 4.78. The second kappa shape index (κ2) is 8.87. The normalized spacial score (nSPS) is 14.5. The van der Waals surface area contributed by atoms with E-state index in [1.165, 1.54) is 25.0 Å². The molecule has 1 aliphatic rings.